The summed E-state index contributed by atoms with van der Waals surface area (Å²) >= 11 is 0. The average molecular weight is 286 g/mol. The fraction of sp³-hybridized carbons (Fsp3) is 0.154. The predicted molar refractivity (Wildman–Crippen MR) is 76.2 cm³/mol. The fourth-order valence-electron chi connectivity index (χ4n) is 2.52. The van der Waals surface area contributed by atoms with Gasteiger partial charge in [0.25, 0.3) is 5.91 Å². The Balaban J connectivity index is 2.17. The Hall–Kier alpha value is -2.71. The first-order chi connectivity index (χ1) is 10.1. The molecule has 0 fully saturated rings. The minimum Gasteiger partial charge on any atom is -0.382 e. The largest absolute Gasteiger partial charge is 0.382 e. The van der Waals surface area contributed by atoms with Crippen molar-refractivity contribution in [2.75, 3.05) is 19.8 Å². The van der Waals surface area contributed by atoms with Crippen molar-refractivity contribution in [1.29, 1.82) is 0 Å². The molecule has 0 bridgehead atoms. The van der Waals surface area contributed by atoms with E-state index in [-0.39, 0.29) is 17.5 Å². The van der Waals surface area contributed by atoms with Crippen LogP contribution >= 0.6 is 0 Å². The monoisotopic (exact) mass is 286 g/mol. The van der Waals surface area contributed by atoms with E-state index in [9.17, 15) is 9.59 Å². The van der Waals surface area contributed by atoms with Gasteiger partial charge in [0.15, 0.2) is 11.6 Å². The smallest absolute Gasteiger partial charge is 0.283 e. The Labute approximate surface area is 120 Å². The molecule has 108 valence electrons. The van der Waals surface area contributed by atoms with Crippen molar-refractivity contribution < 1.29 is 9.59 Å². The molecule has 21 heavy (non-hydrogen) atoms. The average Bonchev–Trinajstić information content (AvgIpc) is 3.01. The molecule has 0 radical (unpaired) electrons. The first kappa shape index (κ1) is 13.3. The highest BCUT2D eigenvalue weighted by atomic mass is 16.2. The maximum absolute atomic E-state index is 12.5. The highest BCUT2D eigenvalue weighted by Crippen LogP contribution is 2.39. The number of ketones is 1. The standard InChI is InChI=1S/C13H14N6O2/c1-15-19(16-2)13(21)7-5-3-4-6-8(7)11(20)9-10(6)17-18-12(9)14/h3-5,15-16H,1-2H3,(H3,14,17,18). The van der Waals surface area contributed by atoms with E-state index >= 15 is 0 Å². The van der Waals surface area contributed by atoms with Gasteiger partial charge in [-0.15, -0.1) is 0 Å². The molecule has 0 saturated heterocycles. The minimum atomic E-state index is -0.359. The molecule has 5 N–H and O–H groups in total. The number of nitrogens with zero attached hydrogens (tertiary/aromatic N) is 2. The van der Waals surface area contributed by atoms with Gasteiger partial charge >= 0.3 is 0 Å². The third-order valence-electron chi connectivity index (χ3n) is 3.46. The molecule has 3 rings (SSSR count). The molecule has 0 unspecified atom stereocenters. The number of nitrogens with two attached hydrogens (primary N) is 1. The van der Waals surface area contributed by atoms with E-state index in [4.69, 9.17) is 5.73 Å². The second kappa shape index (κ2) is 4.69. The normalized spacial score (nSPS) is 12.2. The van der Waals surface area contributed by atoms with Crippen LogP contribution in [0.5, 0.6) is 0 Å². The number of hydrazine groups is 2. The number of fused-ring (bicyclic) bond motifs is 3. The van der Waals surface area contributed by atoms with Gasteiger partial charge in [-0.2, -0.15) is 5.10 Å². The summed E-state index contributed by atoms with van der Waals surface area (Å²) < 4.78 is 0. The zero-order valence-corrected chi connectivity index (χ0v) is 11.5. The molecular formula is C13H14N6O2. The molecule has 2 aromatic rings. The quantitative estimate of drug-likeness (QED) is 0.500. The zero-order valence-electron chi connectivity index (χ0n) is 11.5. The molecule has 1 aromatic heterocycles. The number of hydrogen-bond donors (Lipinski definition) is 4. The number of H-pyrrole nitrogens is 1. The molecule has 0 atom stereocenters. The van der Waals surface area contributed by atoms with E-state index in [1.807, 2.05) is 0 Å². The lowest BCUT2D eigenvalue weighted by Crippen LogP contribution is -2.48. The summed E-state index contributed by atoms with van der Waals surface area (Å²) in [5.41, 5.74) is 13.3. The molecule has 1 aromatic carbocycles. The number of hydrogen-bond acceptors (Lipinski definition) is 6. The van der Waals surface area contributed by atoms with E-state index in [0.717, 1.165) is 0 Å². The summed E-state index contributed by atoms with van der Waals surface area (Å²) in [4.78, 5) is 25.0. The summed E-state index contributed by atoms with van der Waals surface area (Å²) in [6.45, 7) is 0. The highest BCUT2D eigenvalue weighted by Gasteiger charge is 2.35. The number of benzene rings is 1. The number of rotatable bonds is 3. The number of aromatic amines is 1. The molecule has 1 aliphatic carbocycles. The van der Waals surface area contributed by atoms with Crippen LogP contribution in [0.3, 0.4) is 0 Å². The lowest BCUT2D eigenvalue weighted by Gasteiger charge is -2.20. The predicted octanol–water partition coefficient (Wildman–Crippen LogP) is -0.0857. The number of carbonyl (C=O) groups is 2. The number of nitrogens with one attached hydrogen (secondary N) is 3. The Bertz CT molecular complexity index is 747. The lowest BCUT2D eigenvalue weighted by molar-refractivity contribution is 0.0575. The van der Waals surface area contributed by atoms with Crippen LogP contribution in [0.1, 0.15) is 26.3 Å². The van der Waals surface area contributed by atoms with Crippen LogP contribution in [0.15, 0.2) is 18.2 Å². The van der Waals surface area contributed by atoms with E-state index in [0.29, 0.717) is 27.9 Å². The van der Waals surface area contributed by atoms with E-state index < -0.39 is 0 Å². The van der Waals surface area contributed by atoms with Crippen molar-refractivity contribution in [2.45, 2.75) is 0 Å². The van der Waals surface area contributed by atoms with Gasteiger partial charge in [0.05, 0.1) is 16.8 Å². The molecule has 8 nitrogen and oxygen atoms in total. The van der Waals surface area contributed by atoms with Gasteiger partial charge < -0.3 is 5.73 Å². The maximum atomic E-state index is 12.5. The van der Waals surface area contributed by atoms with E-state index in [1.165, 1.54) is 5.12 Å². The molecule has 0 saturated carbocycles. The molecule has 8 heteroatoms. The second-order valence-corrected chi connectivity index (χ2v) is 4.50. The van der Waals surface area contributed by atoms with Crippen molar-refractivity contribution in [3.63, 3.8) is 0 Å². The van der Waals surface area contributed by atoms with Crippen LogP contribution in [-0.4, -0.2) is 41.1 Å². The first-order valence-corrected chi connectivity index (χ1v) is 6.31. The van der Waals surface area contributed by atoms with Crippen molar-refractivity contribution >= 4 is 17.5 Å². The molecule has 1 heterocycles. The van der Waals surface area contributed by atoms with Crippen LogP contribution in [0.25, 0.3) is 11.3 Å². The molecule has 1 amide bonds. The maximum Gasteiger partial charge on any atom is 0.283 e. The Kier molecular flexibility index (Phi) is 2.96. The fourth-order valence-corrected chi connectivity index (χ4v) is 2.52. The van der Waals surface area contributed by atoms with Crippen LogP contribution < -0.4 is 16.6 Å². The Morgan fingerprint density at radius 1 is 1.29 bits per heavy atom. The molecule has 0 spiro atoms. The number of aromatic nitrogens is 2. The van der Waals surface area contributed by atoms with Gasteiger partial charge in [0.1, 0.15) is 0 Å². The van der Waals surface area contributed by atoms with Gasteiger partial charge in [-0.05, 0) is 6.07 Å². The van der Waals surface area contributed by atoms with Crippen molar-refractivity contribution in [1.82, 2.24) is 26.2 Å². The van der Waals surface area contributed by atoms with Crippen LogP contribution in [-0.2, 0) is 0 Å². The first-order valence-electron chi connectivity index (χ1n) is 6.31. The highest BCUT2D eigenvalue weighted by molar-refractivity contribution is 6.26. The number of carbonyl (C=O) groups excluding carboxylic acids is 2. The van der Waals surface area contributed by atoms with Crippen molar-refractivity contribution in [3.05, 3.63) is 34.9 Å². The van der Waals surface area contributed by atoms with Gasteiger partial charge in [0, 0.05) is 25.2 Å². The van der Waals surface area contributed by atoms with Gasteiger partial charge in [0.2, 0.25) is 0 Å². The number of anilines is 1. The summed E-state index contributed by atoms with van der Waals surface area (Å²) in [6, 6.07) is 5.09. The van der Waals surface area contributed by atoms with E-state index in [2.05, 4.69) is 21.0 Å². The third-order valence-corrected chi connectivity index (χ3v) is 3.46. The second-order valence-electron chi connectivity index (χ2n) is 4.50. The topological polar surface area (TPSA) is 116 Å². The van der Waals surface area contributed by atoms with Gasteiger partial charge in [-0.1, -0.05) is 12.1 Å². The SMILES string of the molecule is CNN(NC)C(=O)c1cccc2c1C(=O)c1c(N)n[nH]c1-2. The van der Waals surface area contributed by atoms with Gasteiger partial charge in [-0.25, -0.2) is 16.0 Å². The zero-order chi connectivity index (χ0) is 15.1. The number of nitrogen functional groups attached to an aromatic ring is 1. The molecule has 0 aliphatic heterocycles. The van der Waals surface area contributed by atoms with Crippen molar-refractivity contribution in [3.8, 4) is 11.3 Å². The number of amides is 1. The van der Waals surface area contributed by atoms with Crippen molar-refractivity contribution in [2.24, 2.45) is 0 Å². The summed E-state index contributed by atoms with van der Waals surface area (Å²) in [6.07, 6.45) is 0. The molecule has 1 aliphatic rings. The van der Waals surface area contributed by atoms with Crippen LogP contribution in [0, 0.1) is 0 Å². The summed E-state index contributed by atoms with van der Waals surface area (Å²) in [5, 5.41) is 7.78. The van der Waals surface area contributed by atoms with Crippen LogP contribution in [0.4, 0.5) is 5.82 Å². The summed E-state index contributed by atoms with van der Waals surface area (Å²) in [7, 11) is 3.20. The Morgan fingerprint density at radius 2 is 2.00 bits per heavy atom. The summed E-state index contributed by atoms with van der Waals surface area (Å²) in [5.74, 6) is -0.507. The van der Waals surface area contributed by atoms with E-state index in [1.54, 1.807) is 32.3 Å². The van der Waals surface area contributed by atoms with Crippen LogP contribution in [0.2, 0.25) is 0 Å². The third kappa shape index (κ3) is 1.73. The minimum absolute atomic E-state index is 0.142. The molecular weight excluding hydrogens is 272 g/mol. The lowest BCUT2D eigenvalue weighted by atomic mass is 10.0. The Morgan fingerprint density at radius 3 is 2.67 bits per heavy atom. The van der Waals surface area contributed by atoms with Gasteiger partial charge in [-0.3, -0.25) is 14.7 Å².